The maximum absolute atomic E-state index is 4.64. The minimum Gasteiger partial charge on any atom is -0.300 e. The van der Waals surface area contributed by atoms with E-state index in [-0.39, 0.29) is 0 Å². The van der Waals surface area contributed by atoms with Crippen molar-refractivity contribution in [3.05, 3.63) is 48.3 Å². The third-order valence-electron chi connectivity index (χ3n) is 2.43. The smallest absolute Gasteiger partial charge is 0.194 e. The van der Waals surface area contributed by atoms with Crippen LogP contribution in [0.2, 0.25) is 0 Å². The summed E-state index contributed by atoms with van der Waals surface area (Å²) >= 11 is 1.72. The molecule has 0 aliphatic rings. The van der Waals surface area contributed by atoms with Crippen molar-refractivity contribution >= 4 is 21.6 Å². The van der Waals surface area contributed by atoms with E-state index in [1.54, 1.807) is 11.3 Å². The molecule has 0 aliphatic heterocycles. The van der Waals surface area contributed by atoms with Gasteiger partial charge in [0.2, 0.25) is 0 Å². The van der Waals surface area contributed by atoms with Crippen molar-refractivity contribution in [2.75, 3.05) is 0 Å². The molecule has 0 saturated heterocycles. The van der Waals surface area contributed by atoms with Gasteiger partial charge in [0.05, 0.1) is 10.2 Å². The van der Waals surface area contributed by atoms with Crippen molar-refractivity contribution in [1.82, 2.24) is 9.55 Å². The quantitative estimate of drug-likeness (QED) is 0.607. The van der Waals surface area contributed by atoms with Gasteiger partial charge in [0.25, 0.3) is 0 Å². The van der Waals surface area contributed by atoms with Gasteiger partial charge in [-0.1, -0.05) is 23.5 Å². The van der Waals surface area contributed by atoms with Gasteiger partial charge >= 0.3 is 0 Å². The van der Waals surface area contributed by atoms with Crippen LogP contribution in [0.3, 0.4) is 0 Å². The Labute approximate surface area is 91.8 Å². The number of fused-ring (bicyclic) bond motifs is 1. The molecule has 2 heterocycles. The summed E-state index contributed by atoms with van der Waals surface area (Å²) in [5.74, 6) is 0. The number of nitrogens with zero attached hydrogens (tertiary/aromatic N) is 2. The average Bonchev–Trinajstić information content (AvgIpc) is 2.86. The molecule has 74 valence electrons. The molecule has 0 aliphatic carbocycles. The lowest BCUT2D eigenvalue weighted by Gasteiger charge is -1.93. The molecule has 0 spiro atoms. The number of hydrogen-bond acceptors (Lipinski definition) is 2. The fourth-order valence-corrected chi connectivity index (χ4v) is 2.66. The lowest BCUT2D eigenvalue weighted by molar-refractivity contribution is 1.06. The molecule has 0 radical (unpaired) electrons. The standard InChI is InChI=1S/C12H10N2S/c1-9-5-4-6-10-11(9)13-12(15-10)14-7-2-3-8-14/h2-8H,1H3. The number of benzene rings is 1. The second-order valence-electron chi connectivity index (χ2n) is 3.51. The van der Waals surface area contributed by atoms with Gasteiger partial charge in [-0.05, 0) is 30.7 Å². The summed E-state index contributed by atoms with van der Waals surface area (Å²) in [6, 6.07) is 10.3. The number of rotatable bonds is 1. The van der Waals surface area contributed by atoms with Gasteiger partial charge in [0.1, 0.15) is 0 Å². The number of aryl methyl sites for hydroxylation is 1. The molecule has 1 aromatic carbocycles. The van der Waals surface area contributed by atoms with Gasteiger partial charge in [-0.2, -0.15) is 0 Å². The van der Waals surface area contributed by atoms with E-state index in [2.05, 4.69) is 30.1 Å². The maximum atomic E-state index is 4.64. The number of hydrogen-bond donors (Lipinski definition) is 0. The van der Waals surface area contributed by atoms with Crippen LogP contribution in [0.1, 0.15) is 5.56 Å². The highest BCUT2D eigenvalue weighted by atomic mass is 32.1. The van der Waals surface area contributed by atoms with Crippen LogP contribution >= 0.6 is 11.3 Å². The molecule has 0 unspecified atom stereocenters. The van der Waals surface area contributed by atoms with Crippen LogP contribution in [0.5, 0.6) is 0 Å². The minimum atomic E-state index is 1.03. The zero-order valence-electron chi connectivity index (χ0n) is 8.34. The molecule has 0 saturated carbocycles. The predicted octanol–water partition coefficient (Wildman–Crippen LogP) is 3.40. The molecule has 0 N–H and O–H groups in total. The number of thiazole rings is 1. The highest BCUT2D eigenvalue weighted by Gasteiger charge is 2.05. The zero-order valence-corrected chi connectivity index (χ0v) is 9.16. The molecule has 0 atom stereocenters. The molecule has 3 aromatic rings. The van der Waals surface area contributed by atoms with E-state index >= 15 is 0 Å². The summed E-state index contributed by atoms with van der Waals surface area (Å²) in [7, 11) is 0. The Balaban J connectivity index is 2.27. The van der Waals surface area contributed by atoms with Crippen molar-refractivity contribution in [2.24, 2.45) is 0 Å². The van der Waals surface area contributed by atoms with E-state index in [0.29, 0.717) is 0 Å². The topological polar surface area (TPSA) is 17.8 Å². The molecule has 2 aromatic heterocycles. The molecule has 3 heteroatoms. The largest absolute Gasteiger partial charge is 0.300 e. The van der Waals surface area contributed by atoms with Crippen molar-refractivity contribution in [3.8, 4) is 5.13 Å². The fraction of sp³-hybridized carbons (Fsp3) is 0.0833. The normalized spacial score (nSPS) is 11.0. The van der Waals surface area contributed by atoms with E-state index in [0.717, 1.165) is 10.6 Å². The average molecular weight is 214 g/mol. The highest BCUT2D eigenvalue weighted by molar-refractivity contribution is 7.20. The van der Waals surface area contributed by atoms with Crippen molar-refractivity contribution in [2.45, 2.75) is 6.92 Å². The maximum Gasteiger partial charge on any atom is 0.194 e. The van der Waals surface area contributed by atoms with Crippen molar-refractivity contribution in [3.63, 3.8) is 0 Å². The third kappa shape index (κ3) is 1.36. The Bertz CT molecular complexity index is 593. The Morgan fingerprint density at radius 3 is 2.67 bits per heavy atom. The summed E-state index contributed by atoms with van der Waals surface area (Å²) in [6.07, 6.45) is 4.04. The van der Waals surface area contributed by atoms with Crippen LogP contribution in [-0.2, 0) is 0 Å². The first-order valence-electron chi connectivity index (χ1n) is 4.84. The van der Waals surface area contributed by atoms with E-state index in [4.69, 9.17) is 0 Å². The van der Waals surface area contributed by atoms with Gasteiger partial charge < -0.3 is 4.57 Å². The van der Waals surface area contributed by atoms with Crippen LogP contribution in [0.25, 0.3) is 15.3 Å². The van der Waals surface area contributed by atoms with E-state index in [1.165, 1.54) is 10.3 Å². The zero-order chi connectivity index (χ0) is 10.3. The summed E-state index contributed by atoms with van der Waals surface area (Å²) in [4.78, 5) is 4.64. The predicted molar refractivity (Wildman–Crippen MR) is 63.7 cm³/mol. The minimum absolute atomic E-state index is 1.03. The van der Waals surface area contributed by atoms with E-state index in [1.807, 2.05) is 29.1 Å². The van der Waals surface area contributed by atoms with Gasteiger partial charge in [-0.25, -0.2) is 4.98 Å². The lowest BCUT2D eigenvalue weighted by Crippen LogP contribution is -1.86. The number of para-hydroxylation sites is 1. The third-order valence-corrected chi connectivity index (χ3v) is 3.47. The van der Waals surface area contributed by atoms with Gasteiger partial charge in [0, 0.05) is 12.4 Å². The first-order valence-corrected chi connectivity index (χ1v) is 5.66. The molecule has 15 heavy (non-hydrogen) atoms. The van der Waals surface area contributed by atoms with Gasteiger partial charge in [-0.3, -0.25) is 0 Å². The van der Waals surface area contributed by atoms with Gasteiger partial charge in [0.15, 0.2) is 5.13 Å². The Hall–Kier alpha value is -1.61. The Morgan fingerprint density at radius 1 is 1.13 bits per heavy atom. The highest BCUT2D eigenvalue weighted by Crippen LogP contribution is 2.26. The SMILES string of the molecule is Cc1cccc2sc(-n3cccc3)nc12. The monoisotopic (exact) mass is 214 g/mol. The molecule has 3 rings (SSSR count). The molecule has 0 bridgehead atoms. The Kier molecular flexibility index (Phi) is 1.86. The second-order valence-corrected chi connectivity index (χ2v) is 4.52. The van der Waals surface area contributed by atoms with Crippen LogP contribution in [0.15, 0.2) is 42.7 Å². The summed E-state index contributed by atoms with van der Waals surface area (Å²) in [5.41, 5.74) is 2.35. The molecular weight excluding hydrogens is 204 g/mol. The van der Waals surface area contributed by atoms with E-state index < -0.39 is 0 Å². The molecule has 0 fully saturated rings. The van der Waals surface area contributed by atoms with Crippen molar-refractivity contribution < 1.29 is 0 Å². The summed E-state index contributed by atoms with van der Waals surface area (Å²) in [6.45, 7) is 2.10. The summed E-state index contributed by atoms with van der Waals surface area (Å²) < 4.78 is 3.29. The molecule has 0 amide bonds. The van der Waals surface area contributed by atoms with Crippen LogP contribution < -0.4 is 0 Å². The lowest BCUT2D eigenvalue weighted by atomic mass is 10.2. The van der Waals surface area contributed by atoms with Crippen LogP contribution in [0.4, 0.5) is 0 Å². The van der Waals surface area contributed by atoms with Crippen LogP contribution in [-0.4, -0.2) is 9.55 Å². The first-order chi connectivity index (χ1) is 7.34. The van der Waals surface area contributed by atoms with Crippen molar-refractivity contribution in [1.29, 1.82) is 0 Å². The summed E-state index contributed by atoms with van der Waals surface area (Å²) in [5, 5.41) is 1.03. The van der Waals surface area contributed by atoms with Gasteiger partial charge in [-0.15, -0.1) is 0 Å². The number of aromatic nitrogens is 2. The molecular formula is C12H10N2S. The molecule has 2 nitrogen and oxygen atoms in total. The van der Waals surface area contributed by atoms with E-state index in [9.17, 15) is 0 Å². The van der Waals surface area contributed by atoms with Crippen LogP contribution in [0, 0.1) is 6.92 Å². The Morgan fingerprint density at radius 2 is 1.93 bits per heavy atom. The first kappa shape index (κ1) is 8.68. The fourth-order valence-electron chi connectivity index (χ4n) is 1.65. The second kappa shape index (κ2) is 3.21.